The first-order valence-corrected chi connectivity index (χ1v) is 8.67. The molecular formula is C19H11F6NOS. The lowest BCUT2D eigenvalue weighted by molar-refractivity contribution is -0.143. The van der Waals surface area contributed by atoms with Crippen LogP contribution >= 0.6 is 11.3 Å². The van der Waals surface area contributed by atoms with Crippen molar-refractivity contribution in [3.8, 4) is 10.4 Å². The molecule has 0 saturated heterocycles. The predicted octanol–water partition coefficient (Wildman–Crippen LogP) is 6.71. The van der Waals surface area contributed by atoms with Crippen LogP contribution in [0.3, 0.4) is 0 Å². The number of carbonyl (C=O) groups excluding carboxylic acids is 1. The maximum atomic E-state index is 13.0. The van der Waals surface area contributed by atoms with E-state index in [1.54, 1.807) is 35.7 Å². The van der Waals surface area contributed by atoms with Crippen LogP contribution in [-0.2, 0) is 12.4 Å². The van der Waals surface area contributed by atoms with Crippen LogP contribution in [0.1, 0.15) is 21.5 Å². The van der Waals surface area contributed by atoms with Gasteiger partial charge in [-0.25, -0.2) is 0 Å². The molecule has 1 aromatic heterocycles. The lowest BCUT2D eigenvalue weighted by Crippen LogP contribution is -2.17. The summed E-state index contributed by atoms with van der Waals surface area (Å²) in [7, 11) is 0. The highest BCUT2D eigenvalue weighted by Gasteiger charge is 2.37. The second kappa shape index (κ2) is 7.31. The van der Waals surface area contributed by atoms with Crippen molar-refractivity contribution in [1.29, 1.82) is 0 Å². The SMILES string of the molecule is O=C(Nc1ccccc1-c1cccs1)c1cc(C(F)(F)F)cc(C(F)(F)F)c1. The molecule has 2 nitrogen and oxygen atoms in total. The number of halogens is 6. The second-order valence-corrected chi connectivity index (χ2v) is 6.72. The molecular weight excluding hydrogens is 404 g/mol. The van der Waals surface area contributed by atoms with Crippen molar-refractivity contribution in [3.63, 3.8) is 0 Å². The average Bonchev–Trinajstić information content (AvgIpc) is 3.14. The summed E-state index contributed by atoms with van der Waals surface area (Å²) in [5.74, 6) is -1.07. The van der Waals surface area contributed by atoms with Gasteiger partial charge in [-0.15, -0.1) is 11.3 Å². The van der Waals surface area contributed by atoms with Gasteiger partial charge in [0.2, 0.25) is 0 Å². The minimum Gasteiger partial charge on any atom is -0.321 e. The van der Waals surface area contributed by atoms with Crippen LogP contribution in [0.25, 0.3) is 10.4 Å². The van der Waals surface area contributed by atoms with E-state index in [0.29, 0.717) is 17.7 Å². The van der Waals surface area contributed by atoms with Gasteiger partial charge in [0.25, 0.3) is 5.91 Å². The van der Waals surface area contributed by atoms with E-state index in [0.717, 1.165) is 4.88 Å². The van der Waals surface area contributed by atoms with Crippen molar-refractivity contribution in [2.75, 3.05) is 5.32 Å². The van der Waals surface area contributed by atoms with E-state index >= 15 is 0 Å². The van der Waals surface area contributed by atoms with Gasteiger partial charge < -0.3 is 5.32 Å². The van der Waals surface area contributed by atoms with E-state index < -0.39 is 35.0 Å². The Morgan fingerprint density at radius 1 is 0.821 bits per heavy atom. The van der Waals surface area contributed by atoms with Crippen LogP contribution in [-0.4, -0.2) is 5.91 Å². The highest BCUT2D eigenvalue weighted by atomic mass is 32.1. The quantitative estimate of drug-likeness (QED) is 0.474. The van der Waals surface area contributed by atoms with Gasteiger partial charge in [0.15, 0.2) is 0 Å². The first-order chi connectivity index (χ1) is 13.1. The lowest BCUT2D eigenvalue weighted by Gasteiger charge is -2.15. The van der Waals surface area contributed by atoms with Crippen LogP contribution in [0.15, 0.2) is 60.0 Å². The van der Waals surface area contributed by atoms with Gasteiger partial charge >= 0.3 is 12.4 Å². The Morgan fingerprint density at radius 2 is 1.43 bits per heavy atom. The Hall–Kier alpha value is -2.81. The smallest absolute Gasteiger partial charge is 0.321 e. The normalized spacial score (nSPS) is 12.1. The first-order valence-electron chi connectivity index (χ1n) is 7.79. The maximum Gasteiger partial charge on any atom is 0.416 e. The first kappa shape index (κ1) is 19.9. The van der Waals surface area contributed by atoms with Crippen molar-refractivity contribution in [3.05, 3.63) is 76.7 Å². The van der Waals surface area contributed by atoms with Gasteiger partial charge in [-0.1, -0.05) is 24.3 Å². The molecule has 0 unspecified atom stereocenters. The predicted molar refractivity (Wildman–Crippen MR) is 94.2 cm³/mol. The van der Waals surface area contributed by atoms with E-state index in [1.165, 1.54) is 17.4 Å². The summed E-state index contributed by atoms with van der Waals surface area (Å²) >= 11 is 1.38. The molecule has 1 amide bonds. The number of nitrogens with one attached hydrogen (secondary N) is 1. The average molecular weight is 415 g/mol. The Labute approximate surface area is 159 Å². The number of hydrogen-bond donors (Lipinski definition) is 1. The minimum absolute atomic E-state index is 0.0175. The van der Waals surface area contributed by atoms with Crippen LogP contribution in [0.4, 0.5) is 32.0 Å². The fraction of sp³-hybridized carbons (Fsp3) is 0.105. The Bertz CT molecular complexity index is 960. The summed E-state index contributed by atoms with van der Waals surface area (Å²) in [6.45, 7) is 0. The molecule has 3 rings (SSSR count). The number of alkyl halides is 6. The molecule has 146 valence electrons. The molecule has 0 fully saturated rings. The topological polar surface area (TPSA) is 29.1 Å². The van der Waals surface area contributed by atoms with Crippen molar-refractivity contribution < 1.29 is 31.1 Å². The van der Waals surface area contributed by atoms with Crippen LogP contribution in [0, 0.1) is 0 Å². The van der Waals surface area contributed by atoms with E-state index in [9.17, 15) is 31.1 Å². The molecule has 2 aromatic carbocycles. The molecule has 0 radical (unpaired) electrons. The third-order valence-electron chi connectivity index (χ3n) is 3.81. The fourth-order valence-corrected chi connectivity index (χ4v) is 3.29. The van der Waals surface area contributed by atoms with Gasteiger partial charge in [0, 0.05) is 21.7 Å². The second-order valence-electron chi connectivity index (χ2n) is 5.77. The van der Waals surface area contributed by atoms with Crippen LogP contribution in [0.2, 0.25) is 0 Å². The summed E-state index contributed by atoms with van der Waals surface area (Å²) < 4.78 is 77.9. The number of para-hydroxylation sites is 1. The Kier molecular flexibility index (Phi) is 5.20. The molecule has 0 atom stereocenters. The molecule has 0 aliphatic carbocycles. The number of carbonyl (C=O) groups is 1. The molecule has 0 aliphatic rings. The minimum atomic E-state index is -5.02. The van der Waals surface area contributed by atoms with E-state index in [1.807, 2.05) is 0 Å². The summed E-state index contributed by atoms with van der Waals surface area (Å²) in [5, 5.41) is 4.21. The maximum absolute atomic E-state index is 13.0. The number of thiophene rings is 1. The molecule has 0 bridgehead atoms. The monoisotopic (exact) mass is 415 g/mol. The number of anilines is 1. The standard InChI is InChI=1S/C19H11F6NOS/c20-18(21,22)12-8-11(9-13(10-12)19(23,24)25)17(27)26-15-5-2-1-4-14(15)16-6-3-7-28-16/h1-10H,(H,26,27). The Balaban J connectivity index is 2.00. The van der Waals surface area contributed by atoms with Gasteiger partial charge in [0.05, 0.1) is 11.1 Å². The highest BCUT2D eigenvalue weighted by molar-refractivity contribution is 7.13. The van der Waals surface area contributed by atoms with E-state index in [4.69, 9.17) is 0 Å². The number of benzene rings is 2. The summed E-state index contributed by atoms with van der Waals surface area (Å²) in [6.07, 6.45) is -10.0. The van der Waals surface area contributed by atoms with Gasteiger partial charge in [0.1, 0.15) is 0 Å². The largest absolute Gasteiger partial charge is 0.416 e. The van der Waals surface area contributed by atoms with Gasteiger partial charge in [-0.3, -0.25) is 4.79 Å². The van der Waals surface area contributed by atoms with Crippen molar-refractivity contribution in [1.82, 2.24) is 0 Å². The van der Waals surface area contributed by atoms with Crippen LogP contribution in [0.5, 0.6) is 0 Å². The van der Waals surface area contributed by atoms with Crippen molar-refractivity contribution in [2.24, 2.45) is 0 Å². The molecule has 0 spiro atoms. The fourth-order valence-electron chi connectivity index (χ4n) is 2.52. The van der Waals surface area contributed by atoms with Crippen LogP contribution < -0.4 is 5.32 Å². The third kappa shape index (κ3) is 4.36. The zero-order valence-corrected chi connectivity index (χ0v) is 14.7. The van der Waals surface area contributed by atoms with E-state index in [-0.39, 0.29) is 11.8 Å². The molecule has 0 saturated carbocycles. The third-order valence-corrected chi connectivity index (χ3v) is 4.71. The lowest BCUT2D eigenvalue weighted by atomic mass is 10.0. The molecule has 1 heterocycles. The number of hydrogen-bond acceptors (Lipinski definition) is 2. The van der Waals surface area contributed by atoms with Gasteiger partial charge in [-0.2, -0.15) is 26.3 Å². The Morgan fingerprint density at radius 3 is 1.96 bits per heavy atom. The molecule has 3 aromatic rings. The van der Waals surface area contributed by atoms with Crippen molar-refractivity contribution in [2.45, 2.75) is 12.4 Å². The summed E-state index contributed by atoms with van der Waals surface area (Å²) in [4.78, 5) is 13.2. The number of amides is 1. The van der Waals surface area contributed by atoms with Gasteiger partial charge in [-0.05, 0) is 35.7 Å². The molecule has 0 aliphatic heterocycles. The van der Waals surface area contributed by atoms with E-state index in [2.05, 4.69) is 5.32 Å². The molecule has 1 N–H and O–H groups in total. The van der Waals surface area contributed by atoms with Crippen molar-refractivity contribution >= 4 is 22.9 Å². The molecule has 9 heteroatoms. The number of rotatable bonds is 3. The summed E-state index contributed by atoms with van der Waals surface area (Å²) in [6, 6.07) is 10.9. The highest BCUT2D eigenvalue weighted by Crippen LogP contribution is 2.37. The zero-order valence-electron chi connectivity index (χ0n) is 13.9. The summed E-state index contributed by atoms with van der Waals surface area (Å²) in [5.41, 5.74) is -2.93. The molecule has 28 heavy (non-hydrogen) atoms. The zero-order chi connectivity index (χ0) is 20.5.